The highest BCUT2D eigenvalue weighted by molar-refractivity contribution is 7.89. The fourth-order valence-corrected chi connectivity index (χ4v) is 5.96. The molecule has 31 heavy (non-hydrogen) atoms. The quantitative estimate of drug-likeness (QED) is 0.756. The number of benzene rings is 1. The lowest BCUT2D eigenvalue weighted by molar-refractivity contribution is -0.127. The number of rotatable bonds is 5. The van der Waals surface area contributed by atoms with Crippen molar-refractivity contribution in [1.29, 1.82) is 0 Å². The van der Waals surface area contributed by atoms with Gasteiger partial charge in [-0.05, 0) is 56.6 Å². The van der Waals surface area contributed by atoms with E-state index in [0.29, 0.717) is 43.2 Å². The summed E-state index contributed by atoms with van der Waals surface area (Å²) in [6.07, 6.45) is 5.47. The van der Waals surface area contributed by atoms with E-state index in [9.17, 15) is 13.2 Å². The fraction of sp³-hybridized carbons (Fsp3) is 0.591. The first-order valence-electron chi connectivity index (χ1n) is 11.0. The summed E-state index contributed by atoms with van der Waals surface area (Å²) in [4.78, 5) is 17.0. The summed E-state index contributed by atoms with van der Waals surface area (Å²) in [7, 11) is -3.65. The van der Waals surface area contributed by atoms with E-state index >= 15 is 0 Å². The van der Waals surface area contributed by atoms with Crippen LogP contribution in [0.25, 0.3) is 11.4 Å². The molecule has 1 saturated carbocycles. The molecule has 0 spiro atoms. The van der Waals surface area contributed by atoms with Gasteiger partial charge in [0.15, 0.2) is 0 Å². The van der Waals surface area contributed by atoms with E-state index in [2.05, 4.69) is 22.4 Å². The third kappa shape index (κ3) is 4.98. The van der Waals surface area contributed by atoms with Crippen LogP contribution in [0.1, 0.15) is 51.3 Å². The predicted molar refractivity (Wildman–Crippen MR) is 116 cm³/mol. The highest BCUT2D eigenvalue weighted by Crippen LogP contribution is 2.28. The second-order valence-corrected chi connectivity index (χ2v) is 10.7. The number of hydrogen-bond donors (Lipinski definition) is 1. The third-order valence-electron chi connectivity index (χ3n) is 6.44. The van der Waals surface area contributed by atoms with Gasteiger partial charge in [0, 0.05) is 37.5 Å². The molecule has 0 radical (unpaired) electrons. The molecule has 8 nitrogen and oxygen atoms in total. The van der Waals surface area contributed by atoms with Gasteiger partial charge >= 0.3 is 0 Å². The molecule has 2 aromatic rings. The summed E-state index contributed by atoms with van der Waals surface area (Å²) < 4.78 is 32.8. The van der Waals surface area contributed by atoms with Gasteiger partial charge in [-0.3, -0.25) is 4.79 Å². The third-order valence-corrected chi connectivity index (χ3v) is 8.34. The number of carbonyl (C=O) groups is 1. The number of nitrogens with zero attached hydrogens (tertiary/aromatic N) is 3. The van der Waals surface area contributed by atoms with Crippen LogP contribution in [0.5, 0.6) is 0 Å². The van der Waals surface area contributed by atoms with Gasteiger partial charge in [-0.25, -0.2) is 8.42 Å². The van der Waals surface area contributed by atoms with Crippen LogP contribution in [0.15, 0.2) is 33.7 Å². The summed E-state index contributed by atoms with van der Waals surface area (Å²) in [5.41, 5.74) is 0.592. The van der Waals surface area contributed by atoms with Crippen LogP contribution in [0.4, 0.5) is 0 Å². The van der Waals surface area contributed by atoms with Gasteiger partial charge in [-0.2, -0.15) is 9.29 Å². The Bertz CT molecular complexity index is 1020. The smallest absolute Gasteiger partial charge is 0.243 e. The van der Waals surface area contributed by atoms with Crippen LogP contribution < -0.4 is 5.32 Å². The minimum absolute atomic E-state index is 0.0751. The first-order chi connectivity index (χ1) is 14.8. The molecule has 1 saturated heterocycles. The molecule has 2 aliphatic rings. The Labute approximate surface area is 183 Å². The molecule has 2 heterocycles. The second-order valence-electron chi connectivity index (χ2n) is 8.81. The van der Waals surface area contributed by atoms with Crippen LogP contribution in [0, 0.1) is 18.8 Å². The average molecular weight is 447 g/mol. The van der Waals surface area contributed by atoms with Crippen molar-refractivity contribution < 1.29 is 17.7 Å². The summed E-state index contributed by atoms with van der Waals surface area (Å²) in [5.74, 6) is 1.48. The van der Waals surface area contributed by atoms with Crippen molar-refractivity contribution >= 4 is 15.9 Å². The molecule has 1 aliphatic heterocycles. The molecule has 1 aliphatic carbocycles. The van der Waals surface area contributed by atoms with E-state index in [4.69, 9.17) is 4.52 Å². The van der Waals surface area contributed by atoms with Gasteiger partial charge < -0.3 is 9.84 Å². The number of aromatic nitrogens is 2. The van der Waals surface area contributed by atoms with Gasteiger partial charge in [-0.15, -0.1) is 0 Å². The second kappa shape index (κ2) is 9.08. The number of carbonyl (C=O) groups excluding carboxylic acids is 1. The molecule has 0 bridgehead atoms. The largest absolute Gasteiger partial charge is 0.353 e. The van der Waals surface area contributed by atoms with E-state index in [0.717, 1.165) is 31.6 Å². The maximum atomic E-state index is 13.2. The number of amides is 1. The van der Waals surface area contributed by atoms with E-state index in [1.165, 1.54) is 4.31 Å². The first-order valence-corrected chi connectivity index (χ1v) is 12.5. The Hall–Kier alpha value is -2.26. The molecule has 1 aromatic heterocycles. The number of sulfonamides is 1. The maximum Gasteiger partial charge on any atom is 0.243 e. The molecule has 1 N–H and O–H groups in total. The number of nitrogens with one attached hydrogen (secondary N) is 1. The predicted octanol–water partition coefficient (Wildman–Crippen LogP) is 3.14. The van der Waals surface area contributed by atoms with E-state index in [-0.39, 0.29) is 22.8 Å². The molecular weight excluding hydrogens is 416 g/mol. The van der Waals surface area contributed by atoms with Gasteiger partial charge in [0.1, 0.15) is 0 Å². The van der Waals surface area contributed by atoms with Crippen molar-refractivity contribution in [3.8, 4) is 11.4 Å². The zero-order chi connectivity index (χ0) is 22.0. The van der Waals surface area contributed by atoms with Gasteiger partial charge in [0.2, 0.25) is 27.6 Å². The minimum Gasteiger partial charge on any atom is -0.353 e. The van der Waals surface area contributed by atoms with Crippen molar-refractivity contribution in [2.24, 2.45) is 11.8 Å². The number of hydrogen-bond acceptors (Lipinski definition) is 6. The lowest BCUT2D eigenvalue weighted by atomic mass is 9.87. The molecule has 1 amide bonds. The summed E-state index contributed by atoms with van der Waals surface area (Å²) in [6.45, 7) is 4.63. The molecule has 4 rings (SSSR count). The average Bonchev–Trinajstić information content (AvgIpc) is 3.22. The van der Waals surface area contributed by atoms with Crippen molar-refractivity contribution in [2.75, 3.05) is 13.1 Å². The Kier molecular flexibility index (Phi) is 6.43. The van der Waals surface area contributed by atoms with Gasteiger partial charge in [0.25, 0.3) is 0 Å². The normalized spacial score (nSPS) is 23.5. The van der Waals surface area contributed by atoms with Crippen LogP contribution in [0.3, 0.4) is 0 Å². The molecule has 0 unspecified atom stereocenters. The summed E-state index contributed by atoms with van der Waals surface area (Å²) in [5, 5.41) is 7.06. The van der Waals surface area contributed by atoms with Crippen LogP contribution in [-0.4, -0.2) is 47.9 Å². The standard InChI is InChI=1S/C22H30N4O4S/c1-15-6-8-19(9-7-15)24-22(27)17-10-12-26(13-11-17)31(28,29)20-5-3-4-18(14-20)21-23-16(2)30-25-21/h3-5,14-15,17,19H,6-13H2,1-2H3,(H,24,27). The van der Waals surface area contributed by atoms with E-state index < -0.39 is 10.0 Å². The lowest BCUT2D eigenvalue weighted by Crippen LogP contribution is -2.46. The summed E-state index contributed by atoms with van der Waals surface area (Å²) in [6, 6.07) is 6.85. The van der Waals surface area contributed by atoms with Crippen LogP contribution >= 0.6 is 0 Å². The fourth-order valence-electron chi connectivity index (χ4n) is 4.44. The molecule has 1 aromatic carbocycles. The van der Waals surface area contributed by atoms with Crippen molar-refractivity contribution in [1.82, 2.24) is 19.8 Å². The Balaban J connectivity index is 1.37. The Morgan fingerprint density at radius 1 is 1.13 bits per heavy atom. The molecule has 9 heteroatoms. The number of piperidine rings is 1. The zero-order valence-electron chi connectivity index (χ0n) is 18.1. The van der Waals surface area contributed by atoms with Crippen molar-refractivity contribution in [3.63, 3.8) is 0 Å². The molecule has 0 atom stereocenters. The molecular formula is C22H30N4O4S. The first kappa shape index (κ1) is 22.0. The highest BCUT2D eigenvalue weighted by Gasteiger charge is 2.33. The Morgan fingerprint density at radius 3 is 2.48 bits per heavy atom. The highest BCUT2D eigenvalue weighted by atomic mass is 32.2. The molecule has 168 valence electrons. The van der Waals surface area contributed by atoms with Crippen molar-refractivity contribution in [2.45, 2.75) is 63.3 Å². The topological polar surface area (TPSA) is 105 Å². The lowest BCUT2D eigenvalue weighted by Gasteiger charge is -2.33. The maximum absolute atomic E-state index is 13.2. The molecule has 2 fully saturated rings. The Morgan fingerprint density at radius 2 is 1.84 bits per heavy atom. The van der Waals surface area contributed by atoms with E-state index in [1.54, 1.807) is 31.2 Å². The minimum atomic E-state index is -3.65. The van der Waals surface area contributed by atoms with E-state index in [1.807, 2.05) is 0 Å². The monoisotopic (exact) mass is 446 g/mol. The van der Waals surface area contributed by atoms with Gasteiger partial charge in [0.05, 0.1) is 4.90 Å². The van der Waals surface area contributed by atoms with Gasteiger partial charge in [-0.1, -0.05) is 24.2 Å². The van der Waals surface area contributed by atoms with Crippen LogP contribution in [0.2, 0.25) is 0 Å². The zero-order valence-corrected chi connectivity index (χ0v) is 18.9. The SMILES string of the molecule is Cc1nc(-c2cccc(S(=O)(=O)N3CCC(C(=O)NC4CCC(C)CC4)CC3)c2)no1. The summed E-state index contributed by atoms with van der Waals surface area (Å²) >= 11 is 0. The van der Waals surface area contributed by atoms with Crippen LogP contribution in [-0.2, 0) is 14.8 Å². The van der Waals surface area contributed by atoms with Crippen molar-refractivity contribution in [3.05, 3.63) is 30.2 Å². The number of aryl methyl sites for hydroxylation is 1.